The number of hydrogen-bond donors (Lipinski definition) is 0. The number of hydrogen-bond acceptors (Lipinski definition) is 9. The first kappa shape index (κ1) is 43.1. The highest BCUT2D eigenvalue weighted by molar-refractivity contribution is 6.76. The molecule has 0 saturated carbocycles. The number of rotatable bonds is 17. The van der Waals surface area contributed by atoms with Crippen molar-refractivity contribution in [3.05, 3.63) is 72.7 Å². The van der Waals surface area contributed by atoms with Crippen molar-refractivity contribution in [1.82, 2.24) is 24.5 Å². The van der Waals surface area contributed by atoms with Gasteiger partial charge in [0.05, 0.1) is 29.8 Å². The Morgan fingerprint density at radius 3 is 2.05 bits per heavy atom. The number of fused-ring (bicyclic) bond motifs is 1. The molecule has 1 aliphatic rings. The van der Waals surface area contributed by atoms with E-state index in [2.05, 4.69) is 69.0 Å². The van der Waals surface area contributed by atoms with Crippen LogP contribution in [-0.2, 0) is 18.9 Å². The number of benzene rings is 1. The summed E-state index contributed by atoms with van der Waals surface area (Å²) in [6.45, 7) is 29.7. The third-order valence-electron chi connectivity index (χ3n) is 9.71. The zero-order valence-electron chi connectivity index (χ0n) is 35.5. The third kappa shape index (κ3) is 11.7. The van der Waals surface area contributed by atoms with E-state index in [-0.39, 0.29) is 12.0 Å². The van der Waals surface area contributed by atoms with Crippen LogP contribution in [0.3, 0.4) is 0 Å². The maximum absolute atomic E-state index is 13.1. The Hall–Kier alpha value is -4.05. The average Bonchev–Trinajstić information content (AvgIpc) is 3.56. The van der Waals surface area contributed by atoms with E-state index in [1.54, 1.807) is 4.90 Å². The fourth-order valence-electron chi connectivity index (χ4n) is 6.56. The van der Waals surface area contributed by atoms with Gasteiger partial charge in [0.15, 0.2) is 5.65 Å². The number of aromatic nitrogens is 4. The number of carbonyl (C=O) groups is 1. The molecule has 1 aromatic carbocycles. The van der Waals surface area contributed by atoms with Gasteiger partial charge in [-0.3, -0.25) is 4.98 Å². The molecule has 5 rings (SSSR count). The van der Waals surface area contributed by atoms with Crippen LogP contribution in [0.2, 0.25) is 51.4 Å². The summed E-state index contributed by atoms with van der Waals surface area (Å²) >= 11 is 0. The first-order valence-corrected chi connectivity index (χ1v) is 27.5. The van der Waals surface area contributed by atoms with Crippen LogP contribution < -0.4 is 4.90 Å². The molecule has 13 heteroatoms. The molecule has 0 aliphatic carbocycles. The molecule has 0 atom stereocenters. The maximum atomic E-state index is 13.1. The van der Waals surface area contributed by atoms with Crippen LogP contribution in [0, 0.1) is 0 Å². The molecule has 1 amide bonds. The first-order chi connectivity index (χ1) is 26.4. The summed E-state index contributed by atoms with van der Waals surface area (Å²) in [4.78, 5) is 27.3. The number of anilines is 1. The van der Waals surface area contributed by atoms with Crippen LogP contribution in [0.15, 0.2) is 61.4 Å². The van der Waals surface area contributed by atoms with Gasteiger partial charge in [-0.2, -0.15) is 9.61 Å². The Bertz CT molecular complexity index is 1890. The minimum absolute atomic E-state index is 0.00782. The largest absolute Gasteiger partial charge is 0.494 e. The smallest absolute Gasteiger partial charge is 0.410 e. The first-order valence-electron chi connectivity index (χ1n) is 20.1. The minimum Gasteiger partial charge on any atom is -0.494 e. The van der Waals surface area contributed by atoms with Gasteiger partial charge in [0.2, 0.25) is 0 Å². The van der Waals surface area contributed by atoms with E-state index < -0.39 is 21.7 Å². The fraction of sp³-hybridized carbons (Fsp3) is 0.535. The van der Waals surface area contributed by atoms with Crippen molar-refractivity contribution in [2.24, 2.45) is 0 Å². The fourth-order valence-corrected chi connectivity index (χ4v) is 8.07. The van der Waals surface area contributed by atoms with Crippen LogP contribution >= 0.6 is 0 Å². The zero-order valence-corrected chi connectivity index (χ0v) is 37.5. The quantitative estimate of drug-likeness (QED) is 0.0447. The van der Waals surface area contributed by atoms with Gasteiger partial charge in [0.1, 0.15) is 30.6 Å². The molecule has 0 N–H and O–H groups in total. The van der Waals surface area contributed by atoms with Crippen molar-refractivity contribution in [2.75, 3.05) is 51.3 Å². The van der Waals surface area contributed by atoms with Crippen LogP contribution in [-0.4, -0.2) is 98.7 Å². The van der Waals surface area contributed by atoms with Crippen molar-refractivity contribution < 1.29 is 23.7 Å². The number of amides is 1. The lowest BCUT2D eigenvalue weighted by molar-refractivity contribution is 0.0203. The Morgan fingerprint density at radius 1 is 0.893 bits per heavy atom. The van der Waals surface area contributed by atoms with Gasteiger partial charge in [-0.15, -0.1) is 0 Å². The number of pyridine rings is 1. The summed E-state index contributed by atoms with van der Waals surface area (Å²) in [6, 6.07) is 16.4. The lowest BCUT2D eigenvalue weighted by Crippen LogP contribution is -2.41. The Balaban J connectivity index is 1.63. The van der Waals surface area contributed by atoms with Crippen molar-refractivity contribution in [3.8, 4) is 22.4 Å². The number of nitrogens with zero attached hydrogens (tertiary/aromatic N) is 6. The van der Waals surface area contributed by atoms with Crippen molar-refractivity contribution >= 4 is 39.5 Å². The molecular formula is C43H64N6O5Si2. The van der Waals surface area contributed by atoms with Crippen molar-refractivity contribution in [2.45, 2.75) is 103 Å². The lowest BCUT2D eigenvalue weighted by Gasteiger charge is -2.35. The molecule has 0 bridgehead atoms. The van der Waals surface area contributed by atoms with Gasteiger partial charge >= 0.3 is 6.09 Å². The molecule has 4 heterocycles. The van der Waals surface area contributed by atoms with Gasteiger partial charge in [0.25, 0.3) is 0 Å². The van der Waals surface area contributed by atoms with Crippen LogP contribution in [0.1, 0.15) is 57.7 Å². The topological polar surface area (TPSA) is 104 Å². The van der Waals surface area contributed by atoms with Gasteiger partial charge < -0.3 is 28.7 Å². The van der Waals surface area contributed by atoms with E-state index in [1.165, 1.54) is 0 Å². The summed E-state index contributed by atoms with van der Waals surface area (Å²) in [5.74, 6) is 1.29. The Morgan fingerprint density at radius 2 is 1.52 bits per heavy atom. The molecule has 11 nitrogen and oxygen atoms in total. The molecule has 1 aliphatic heterocycles. The van der Waals surface area contributed by atoms with Gasteiger partial charge in [-0.05, 0) is 58.7 Å². The molecular weight excluding hydrogens is 737 g/mol. The highest BCUT2D eigenvalue weighted by atomic mass is 28.3. The normalized spacial score (nSPS) is 14.3. The zero-order chi connectivity index (χ0) is 40.7. The molecule has 4 aromatic rings. The monoisotopic (exact) mass is 800 g/mol. The van der Waals surface area contributed by atoms with Gasteiger partial charge in [-0.25, -0.2) is 9.78 Å². The average molecular weight is 801 g/mol. The molecule has 56 heavy (non-hydrogen) atoms. The second-order valence-corrected chi connectivity index (χ2v) is 29.4. The maximum Gasteiger partial charge on any atom is 0.410 e. The number of carbonyl (C=O) groups excluding carboxylic acids is 1. The highest BCUT2D eigenvalue weighted by Gasteiger charge is 2.34. The third-order valence-corrected chi connectivity index (χ3v) is 13.1. The number of piperidine rings is 1. The summed E-state index contributed by atoms with van der Waals surface area (Å²) in [5, 5.41) is 5.01. The number of likely N-dealkylation sites (tertiary alicyclic amines) is 1. The van der Waals surface area contributed by atoms with Crippen molar-refractivity contribution in [1.29, 1.82) is 0 Å². The minimum atomic E-state index is -1.34. The summed E-state index contributed by atoms with van der Waals surface area (Å²) in [7, 11) is -2.67. The molecule has 0 radical (unpaired) electrons. The molecule has 1 fully saturated rings. The number of ether oxygens (including phenoxy) is 4. The summed E-state index contributed by atoms with van der Waals surface area (Å²) < 4.78 is 26.8. The Kier molecular flexibility index (Phi) is 14.2. The Labute approximate surface area is 336 Å². The molecule has 304 valence electrons. The van der Waals surface area contributed by atoms with E-state index in [0.29, 0.717) is 70.6 Å². The van der Waals surface area contributed by atoms with E-state index >= 15 is 0 Å². The van der Waals surface area contributed by atoms with E-state index in [0.717, 1.165) is 51.5 Å². The van der Waals surface area contributed by atoms with Crippen LogP contribution in [0.4, 0.5) is 10.6 Å². The molecule has 0 unspecified atom stereocenters. The van der Waals surface area contributed by atoms with Gasteiger partial charge in [-0.1, -0.05) is 82.3 Å². The summed E-state index contributed by atoms with van der Waals surface area (Å²) in [6.07, 6.45) is 4.86. The predicted molar refractivity (Wildman–Crippen MR) is 233 cm³/mol. The van der Waals surface area contributed by atoms with E-state index in [4.69, 9.17) is 34.0 Å². The van der Waals surface area contributed by atoms with Crippen molar-refractivity contribution in [3.63, 3.8) is 0 Å². The highest BCUT2D eigenvalue weighted by Crippen LogP contribution is 2.40. The SMILES string of the molecule is C=C(OCC)c1c(C2CCN(C(=O)OC(C)(C)C)CC2)nc2c(-c3ccc(-c4ccccc4)nc3)cnn2c1N(COCC[Si](C)(C)C)COCC[Si](C)(C)C. The summed E-state index contributed by atoms with van der Waals surface area (Å²) in [5.41, 5.74) is 5.48. The molecule has 3 aromatic heterocycles. The molecule has 1 saturated heterocycles. The second kappa shape index (κ2) is 18.5. The standard InChI is InChI=1S/C43H64N6O5Si2/c1-12-53-32(2)38-39(34-20-22-47(23-21-34)42(50)54-43(3,4)5)46-40-36(35-18-19-37(44-28-35)33-16-14-13-15-17-33)29-45-49(40)41(38)48(30-51-24-26-55(6,7)8)31-52-25-27-56(9,10)11/h13-19,28-29,34H,2,12,20-27,30-31H2,1,3-11H3. The van der Waals surface area contributed by atoms with E-state index in [1.807, 2.05) is 68.9 Å². The predicted octanol–water partition coefficient (Wildman–Crippen LogP) is 10.0. The lowest BCUT2D eigenvalue weighted by atomic mass is 9.90. The molecule has 0 spiro atoms. The van der Waals surface area contributed by atoms with Gasteiger partial charge in [0, 0.05) is 71.3 Å². The van der Waals surface area contributed by atoms with E-state index in [9.17, 15) is 4.79 Å². The van der Waals surface area contributed by atoms with Crippen LogP contribution in [0.5, 0.6) is 0 Å². The van der Waals surface area contributed by atoms with Crippen LogP contribution in [0.25, 0.3) is 33.8 Å². The second-order valence-electron chi connectivity index (χ2n) is 18.1.